The van der Waals surface area contributed by atoms with Gasteiger partial charge in [-0.05, 0) is 37.0 Å². The number of benzene rings is 2. The van der Waals surface area contributed by atoms with E-state index in [2.05, 4.69) is 30.8 Å². The van der Waals surface area contributed by atoms with Crippen molar-refractivity contribution < 1.29 is 0 Å². The second-order valence-electron chi connectivity index (χ2n) is 4.44. The molecule has 2 aromatic rings. The van der Waals surface area contributed by atoms with Gasteiger partial charge in [-0.2, -0.15) is 0 Å². The van der Waals surface area contributed by atoms with E-state index in [1.807, 2.05) is 42.5 Å². The van der Waals surface area contributed by atoms with Crippen molar-refractivity contribution in [3.8, 4) is 0 Å². The summed E-state index contributed by atoms with van der Waals surface area (Å²) >= 11 is 0. The summed E-state index contributed by atoms with van der Waals surface area (Å²) in [5, 5.41) is 0. The average Bonchev–Trinajstić information content (AvgIpc) is 2.48. The summed E-state index contributed by atoms with van der Waals surface area (Å²) in [5.41, 5.74) is 3.36. The molecule has 0 amide bonds. The maximum atomic E-state index is 4.78. The first-order valence-electron chi connectivity index (χ1n) is 6.69. The molecule has 0 heterocycles. The Kier molecular flexibility index (Phi) is 5.12. The lowest BCUT2D eigenvalue weighted by molar-refractivity contribution is 0.895. The molecule has 1 nitrogen and oxygen atoms in total. The summed E-state index contributed by atoms with van der Waals surface area (Å²) in [4.78, 5) is 4.78. The smallest absolute Gasteiger partial charge is 0.0633 e. The van der Waals surface area contributed by atoms with Crippen LogP contribution in [0.5, 0.6) is 0 Å². The number of aliphatic imine (C=N–C) groups is 1. The van der Waals surface area contributed by atoms with Crippen molar-refractivity contribution in [2.24, 2.45) is 4.99 Å². The molecule has 0 aliphatic rings. The van der Waals surface area contributed by atoms with Crippen LogP contribution in [0.15, 0.2) is 78.3 Å². The van der Waals surface area contributed by atoms with Crippen molar-refractivity contribution >= 4 is 11.4 Å². The molecule has 2 rings (SSSR count). The molecule has 0 bridgehead atoms. The largest absolute Gasteiger partial charge is 0.253 e. The SMILES string of the molecule is C=CCCCC(=Nc1ccccc1)c1ccccc1. The Morgan fingerprint density at radius 2 is 1.58 bits per heavy atom. The fourth-order valence-corrected chi connectivity index (χ4v) is 1.97. The van der Waals surface area contributed by atoms with Gasteiger partial charge < -0.3 is 0 Å². The van der Waals surface area contributed by atoms with Crippen LogP contribution in [-0.2, 0) is 0 Å². The van der Waals surface area contributed by atoms with E-state index in [4.69, 9.17) is 4.99 Å². The van der Waals surface area contributed by atoms with E-state index in [0.717, 1.165) is 30.7 Å². The number of nitrogens with zero attached hydrogens (tertiary/aromatic N) is 1. The lowest BCUT2D eigenvalue weighted by Gasteiger charge is -2.06. The Balaban J connectivity index is 2.24. The molecule has 0 saturated carbocycles. The van der Waals surface area contributed by atoms with Crippen molar-refractivity contribution in [3.05, 3.63) is 78.9 Å². The van der Waals surface area contributed by atoms with Crippen LogP contribution in [0.25, 0.3) is 0 Å². The van der Waals surface area contributed by atoms with Gasteiger partial charge >= 0.3 is 0 Å². The second kappa shape index (κ2) is 7.32. The van der Waals surface area contributed by atoms with Crippen LogP contribution in [0.1, 0.15) is 24.8 Å². The van der Waals surface area contributed by atoms with Gasteiger partial charge in [0.25, 0.3) is 0 Å². The molecule has 0 saturated heterocycles. The molecule has 19 heavy (non-hydrogen) atoms. The summed E-state index contributed by atoms with van der Waals surface area (Å²) < 4.78 is 0. The van der Waals surface area contributed by atoms with E-state index in [-0.39, 0.29) is 0 Å². The maximum absolute atomic E-state index is 4.78. The first-order valence-corrected chi connectivity index (χ1v) is 6.69. The van der Waals surface area contributed by atoms with Gasteiger partial charge in [0, 0.05) is 5.71 Å². The van der Waals surface area contributed by atoms with Gasteiger partial charge in [-0.1, -0.05) is 54.6 Å². The van der Waals surface area contributed by atoms with Gasteiger partial charge in [-0.15, -0.1) is 6.58 Å². The van der Waals surface area contributed by atoms with Crippen molar-refractivity contribution in [1.82, 2.24) is 0 Å². The fourth-order valence-electron chi connectivity index (χ4n) is 1.97. The topological polar surface area (TPSA) is 12.4 Å². The van der Waals surface area contributed by atoms with Crippen molar-refractivity contribution in [2.75, 3.05) is 0 Å². The number of hydrogen-bond acceptors (Lipinski definition) is 1. The zero-order valence-corrected chi connectivity index (χ0v) is 11.1. The van der Waals surface area contributed by atoms with Gasteiger partial charge in [0.2, 0.25) is 0 Å². The molecule has 0 aliphatic carbocycles. The molecule has 0 unspecified atom stereocenters. The molecule has 0 N–H and O–H groups in total. The third-order valence-electron chi connectivity index (χ3n) is 2.95. The standard InChI is InChI=1S/C18H19N/c1-2-3-6-15-18(16-11-7-4-8-12-16)19-17-13-9-5-10-14-17/h2,4-5,7-14H,1,3,6,15H2. The van der Waals surface area contributed by atoms with Crippen molar-refractivity contribution in [1.29, 1.82) is 0 Å². The zero-order valence-electron chi connectivity index (χ0n) is 11.1. The molecule has 2 aromatic carbocycles. The quantitative estimate of drug-likeness (QED) is 0.381. The molecule has 0 aromatic heterocycles. The van der Waals surface area contributed by atoms with Gasteiger partial charge in [0.15, 0.2) is 0 Å². The minimum Gasteiger partial charge on any atom is -0.253 e. The number of para-hydroxylation sites is 1. The molecule has 96 valence electrons. The van der Waals surface area contributed by atoms with Crippen molar-refractivity contribution in [3.63, 3.8) is 0 Å². The Labute approximate surface area is 115 Å². The minimum absolute atomic E-state index is 0.977. The normalized spacial score (nSPS) is 11.3. The minimum atomic E-state index is 0.977. The van der Waals surface area contributed by atoms with Crippen LogP contribution in [0.3, 0.4) is 0 Å². The number of allylic oxidation sites excluding steroid dienone is 1. The summed E-state index contributed by atoms with van der Waals surface area (Å²) in [7, 11) is 0. The monoisotopic (exact) mass is 249 g/mol. The van der Waals surface area contributed by atoms with Crippen LogP contribution in [0.4, 0.5) is 5.69 Å². The Morgan fingerprint density at radius 3 is 2.21 bits per heavy atom. The Morgan fingerprint density at radius 1 is 0.947 bits per heavy atom. The lowest BCUT2D eigenvalue weighted by Crippen LogP contribution is -2.00. The number of hydrogen-bond donors (Lipinski definition) is 0. The highest BCUT2D eigenvalue weighted by Gasteiger charge is 2.03. The third-order valence-corrected chi connectivity index (χ3v) is 2.95. The number of unbranched alkanes of at least 4 members (excludes halogenated alkanes) is 1. The van der Waals surface area contributed by atoms with E-state index in [1.54, 1.807) is 0 Å². The molecular weight excluding hydrogens is 230 g/mol. The lowest BCUT2D eigenvalue weighted by atomic mass is 10.0. The summed E-state index contributed by atoms with van der Waals surface area (Å²) in [5.74, 6) is 0. The van der Waals surface area contributed by atoms with E-state index in [1.165, 1.54) is 5.56 Å². The van der Waals surface area contributed by atoms with Gasteiger partial charge in [0.1, 0.15) is 0 Å². The first kappa shape index (κ1) is 13.3. The molecular formula is C18H19N. The van der Waals surface area contributed by atoms with Crippen LogP contribution in [-0.4, -0.2) is 5.71 Å². The highest BCUT2D eigenvalue weighted by molar-refractivity contribution is 6.02. The van der Waals surface area contributed by atoms with Gasteiger partial charge in [0.05, 0.1) is 5.69 Å². The number of rotatable bonds is 6. The van der Waals surface area contributed by atoms with E-state index < -0.39 is 0 Å². The van der Waals surface area contributed by atoms with Crippen LogP contribution in [0, 0.1) is 0 Å². The fraction of sp³-hybridized carbons (Fsp3) is 0.167. The average molecular weight is 249 g/mol. The van der Waals surface area contributed by atoms with E-state index in [9.17, 15) is 0 Å². The highest BCUT2D eigenvalue weighted by atomic mass is 14.7. The predicted octanol–water partition coefficient (Wildman–Crippen LogP) is 5.16. The zero-order chi connectivity index (χ0) is 13.3. The van der Waals surface area contributed by atoms with Crippen LogP contribution in [0.2, 0.25) is 0 Å². The second-order valence-corrected chi connectivity index (χ2v) is 4.44. The van der Waals surface area contributed by atoms with Crippen LogP contribution < -0.4 is 0 Å². The van der Waals surface area contributed by atoms with Gasteiger partial charge in [-0.3, -0.25) is 4.99 Å². The van der Waals surface area contributed by atoms with E-state index in [0.29, 0.717) is 0 Å². The summed E-state index contributed by atoms with van der Waals surface area (Å²) in [6.07, 6.45) is 5.06. The molecule has 1 heteroatoms. The first-order chi connectivity index (χ1) is 9.40. The van der Waals surface area contributed by atoms with Crippen LogP contribution >= 0.6 is 0 Å². The molecule has 0 fully saturated rings. The van der Waals surface area contributed by atoms with Crippen molar-refractivity contribution in [2.45, 2.75) is 19.3 Å². The molecule has 0 aliphatic heterocycles. The summed E-state index contributed by atoms with van der Waals surface area (Å²) in [6, 6.07) is 20.5. The Hall–Kier alpha value is -2.15. The highest BCUT2D eigenvalue weighted by Crippen LogP contribution is 2.16. The van der Waals surface area contributed by atoms with E-state index >= 15 is 0 Å². The third kappa shape index (κ3) is 4.22. The molecule has 0 radical (unpaired) electrons. The molecule has 0 spiro atoms. The summed E-state index contributed by atoms with van der Waals surface area (Å²) in [6.45, 7) is 3.77. The Bertz CT molecular complexity index is 526. The maximum Gasteiger partial charge on any atom is 0.0633 e. The predicted molar refractivity (Wildman–Crippen MR) is 83.1 cm³/mol. The van der Waals surface area contributed by atoms with Gasteiger partial charge in [-0.25, -0.2) is 0 Å². The molecule has 0 atom stereocenters.